The zero-order valence-electron chi connectivity index (χ0n) is 8.53. The summed E-state index contributed by atoms with van der Waals surface area (Å²) in [6.07, 6.45) is 0.876. The lowest BCUT2D eigenvalue weighted by molar-refractivity contribution is -0.0328. The first kappa shape index (κ1) is 11.9. The van der Waals surface area contributed by atoms with E-state index in [1.165, 1.54) is 0 Å². The number of alkyl halides is 2. The molecule has 0 fully saturated rings. The van der Waals surface area contributed by atoms with Crippen molar-refractivity contribution in [3.8, 4) is 0 Å². The van der Waals surface area contributed by atoms with Crippen molar-refractivity contribution in [2.45, 2.75) is 52.9 Å². The molecule has 0 N–H and O–H groups in total. The van der Waals surface area contributed by atoms with E-state index < -0.39 is 5.92 Å². The summed E-state index contributed by atoms with van der Waals surface area (Å²) in [6, 6.07) is 0. The van der Waals surface area contributed by atoms with Gasteiger partial charge < -0.3 is 0 Å². The monoisotopic (exact) mass is 178 g/mol. The Morgan fingerprint density at radius 3 is 1.92 bits per heavy atom. The highest BCUT2D eigenvalue weighted by Crippen LogP contribution is 2.31. The quantitative estimate of drug-likeness (QED) is 0.594. The standard InChI is InChI=1S/C10H20F2/c1-5-9(8(3)4)7-10(11,12)6-2/h8-9H,5-7H2,1-4H3. The van der Waals surface area contributed by atoms with Crippen LogP contribution in [0.1, 0.15) is 47.0 Å². The van der Waals surface area contributed by atoms with Gasteiger partial charge in [-0.15, -0.1) is 0 Å². The van der Waals surface area contributed by atoms with Crippen molar-refractivity contribution >= 4 is 0 Å². The minimum Gasteiger partial charge on any atom is -0.207 e. The minimum atomic E-state index is -2.45. The van der Waals surface area contributed by atoms with E-state index in [4.69, 9.17) is 0 Å². The highest BCUT2D eigenvalue weighted by atomic mass is 19.3. The molecule has 0 nitrogen and oxygen atoms in total. The van der Waals surface area contributed by atoms with Crippen LogP contribution in [0.15, 0.2) is 0 Å². The number of hydrogen-bond donors (Lipinski definition) is 0. The van der Waals surface area contributed by atoms with Crippen molar-refractivity contribution in [1.82, 2.24) is 0 Å². The second-order valence-corrected chi connectivity index (χ2v) is 3.83. The summed E-state index contributed by atoms with van der Waals surface area (Å²) < 4.78 is 25.9. The maximum Gasteiger partial charge on any atom is 0.248 e. The van der Waals surface area contributed by atoms with Gasteiger partial charge in [0.1, 0.15) is 0 Å². The van der Waals surface area contributed by atoms with E-state index in [2.05, 4.69) is 0 Å². The molecule has 74 valence electrons. The van der Waals surface area contributed by atoms with Crippen LogP contribution < -0.4 is 0 Å². The van der Waals surface area contributed by atoms with Crippen molar-refractivity contribution in [1.29, 1.82) is 0 Å². The molecule has 0 rings (SSSR count). The summed E-state index contributed by atoms with van der Waals surface area (Å²) in [5.74, 6) is -1.92. The minimum absolute atomic E-state index is 0.0315. The Morgan fingerprint density at radius 1 is 1.17 bits per heavy atom. The first-order valence-electron chi connectivity index (χ1n) is 4.80. The summed E-state index contributed by atoms with van der Waals surface area (Å²) in [5.41, 5.74) is 0. The summed E-state index contributed by atoms with van der Waals surface area (Å²) in [6.45, 7) is 7.56. The molecule has 0 amide bonds. The zero-order chi connectivity index (χ0) is 9.78. The molecule has 2 heteroatoms. The maximum absolute atomic E-state index is 13.0. The average molecular weight is 178 g/mol. The molecule has 0 spiro atoms. The Balaban J connectivity index is 4.01. The van der Waals surface area contributed by atoms with Crippen LogP contribution in [0.25, 0.3) is 0 Å². The molecule has 12 heavy (non-hydrogen) atoms. The van der Waals surface area contributed by atoms with Crippen LogP contribution in [0.5, 0.6) is 0 Å². The van der Waals surface area contributed by atoms with E-state index in [1.807, 2.05) is 20.8 Å². The molecule has 0 aromatic rings. The van der Waals surface area contributed by atoms with E-state index in [1.54, 1.807) is 6.92 Å². The van der Waals surface area contributed by atoms with Crippen molar-refractivity contribution < 1.29 is 8.78 Å². The van der Waals surface area contributed by atoms with Crippen LogP contribution in [0.4, 0.5) is 8.78 Å². The van der Waals surface area contributed by atoms with Crippen molar-refractivity contribution in [3.05, 3.63) is 0 Å². The summed E-state index contributed by atoms with van der Waals surface area (Å²) in [4.78, 5) is 0. The molecule has 0 aromatic heterocycles. The van der Waals surface area contributed by atoms with E-state index in [0.717, 1.165) is 6.42 Å². The largest absolute Gasteiger partial charge is 0.248 e. The molecule has 0 heterocycles. The van der Waals surface area contributed by atoms with E-state index in [0.29, 0.717) is 5.92 Å². The lowest BCUT2D eigenvalue weighted by Crippen LogP contribution is -2.22. The fraction of sp³-hybridized carbons (Fsp3) is 1.00. The van der Waals surface area contributed by atoms with Crippen LogP contribution in [-0.4, -0.2) is 5.92 Å². The molecular weight excluding hydrogens is 158 g/mol. The Labute approximate surface area is 74.4 Å². The number of rotatable bonds is 5. The highest BCUT2D eigenvalue weighted by Gasteiger charge is 2.30. The normalized spacial score (nSPS) is 15.2. The molecular formula is C10H20F2. The Morgan fingerprint density at radius 2 is 1.67 bits per heavy atom. The second-order valence-electron chi connectivity index (χ2n) is 3.83. The lowest BCUT2D eigenvalue weighted by atomic mass is 9.87. The van der Waals surface area contributed by atoms with Crippen LogP contribution in [-0.2, 0) is 0 Å². The van der Waals surface area contributed by atoms with Gasteiger partial charge >= 0.3 is 0 Å². The van der Waals surface area contributed by atoms with Gasteiger partial charge in [-0.25, -0.2) is 8.78 Å². The molecule has 0 saturated carbocycles. The van der Waals surface area contributed by atoms with Crippen LogP contribution in [0.3, 0.4) is 0 Å². The summed E-state index contributed by atoms with van der Waals surface area (Å²) >= 11 is 0. The van der Waals surface area contributed by atoms with Crippen LogP contribution >= 0.6 is 0 Å². The molecule has 1 unspecified atom stereocenters. The Kier molecular flexibility index (Phi) is 4.73. The molecule has 0 saturated heterocycles. The van der Waals surface area contributed by atoms with E-state index >= 15 is 0 Å². The Bertz CT molecular complexity index is 119. The van der Waals surface area contributed by atoms with Gasteiger partial charge in [-0.2, -0.15) is 0 Å². The van der Waals surface area contributed by atoms with Crippen molar-refractivity contribution in [2.75, 3.05) is 0 Å². The molecule has 0 radical (unpaired) electrons. The van der Waals surface area contributed by atoms with Gasteiger partial charge in [0.05, 0.1) is 0 Å². The zero-order valence-corrected chi connectivity index (χ0v) is 8.53. The predicted molar refractivity (Wildman–Crippen MR) is 48.5 cm³/mol. The molecule has 0 aliphatic carbocycles. The molecule has 1 atom stereocenters. The maximum atomic E-state index is 13.0. The van der Waals surface area contributed by atoms with Crippen LogP contribution in [0, 0.1) is 11.8 Å². The lowest BCUT2D eigenvalue weighted by Gasteiger charge is -2.24. The third-order valence-corrected chi connectivity index (χ3v) is 2.55. The summed E-state index contributed by atoms with van der Waals surface area (Å²) in [5, 5.41) is 0. The fourth-order valence-corrected chi connectivity index (χ4v) is 1.38. The number of halogens is 2. The van der Waals surface area contributed by atoms with Gasteiger partial charge in [0.15, 0.2) is 0 Å². The van der Waals surface area contributed by atoms with E-state index in [-0.39, 0.29) is 18.8 Å². The van der Waals surface area contributed by atoms with Gasteiger partial charge in [-0.1, -0.05) is 34.1 Å². The number of hydrogen-bond acceptors (Lipinski definition) is 0. The topological polar surface area (TPSA) is 0 Å². The first-order chi connectivity index (χ1) is 5.43. The third-order valence-electron chi connectivity index (χ3n) is 2.55. The smallest absolute Gasteiger partial charge is 0.207 e. The van der Waals surface area contributed by atoms with Gasteiger partial charge in [-0.3, -0.25) is 0 Å². The predicted octanol–water partition coefficient (Wildman–Crippen LogP) is 4.10. The molecule has 0 aliphatic heterocycles. The van der Waals surface area contributed by atoms with Gasteiger partial charge in [0, 0.05) is 12.8 Å². The van der Waals surface area contributed by atoms with Crippen LogP contribution in [0.2, 0.25) is 0 Å². The molecule has 0 bridgehead atoms. The van der Waals surface area contributed by atoms with Gasteiger partial charge in [-0.05, 0) is 11.8 Å². The summed E-state index contributed by atoms with van der Waals surface area (Å²) in [7, 11) is 0. The fourth-order valence-electron chi connectivity index (χ4n) is 1.38. The highest BCUT2D eigenvalue weighted by molar-refractivity contribution is 4.71. The third kappa shape index (κ3) is 4.03. The Hall–Kier alpha value is -0.140. The van der Waals surface area contributed by atoms with Gasteiger partial charge in [0.25, 0.3) is 0 Å². The van der Waals surface area contributed by atoms with E-state index in [9.17, 15) is 8.78 Å². The van der Waals surface area contributed by atoms with Crippen molar-refractivity contribution in [3.63, 3.8) is 0 Å². The van der Waals surface area contributed by atoms with Gasteiger partial charge in [0.2, 0.25) is 5.92 Å². The SMILES string of the molecule is CCC(CC(F)(F)CC)C(C)C. The molecule has 0 aromatic carbocycles. The average Bonchev–Trinajstić information content (AvgIpc) is 2.00. The first-order valence-corrected chi connectivity index (χ1v) is 4.80. The second kappa shape index (κ2) is 4.78. The van der Waals surface area contributed by atoms with Crippen molar-refractivity contribution in [2.24, 2.45) is 11.8 Å². The molecule has 0 aliphatic rings.